The van der Waals surface area contributed by atoms with Crippen molar-refractivity contribution in [3.63, 3.8) is 0 Å². The molecule has 0 saturated heterocycles. The number of esters is 1. The zero-order valence-electron chi connectivity index (χ0n) is 14.3. The van der Waals surface area contributed by atoms with Gasteiger partial charge in [-0.25, -0.2) is 9.36 Å². The van der Waals surface area contributed by atoms with E-state index in [2.05, 4.69) is 5.10 Å². The molecule has 0 aliphatic carbocycles. The van der Waals surface area contributed by atoms with Crippen LogP contribution in [0, 0.1) is 0 Å². The molecule has 0 unspecified atom stereocenters. The molecule has 1 heterocycles. The number of aromatic nitrogens is 2. The molecule has 25 heavy (non-hydrogen) atoms. The van der Waals surface area contributed by atoms with E-state index in [1.54, 1.807) is 26.4 Å². The van der Waals surface area contributed by atoms with Gasteiger partial charge in [0.25, 0.3) is 6.33 Å². The first-order valence-electron chi connectivity index (χ1n) is 8.00. The molecule has 0 bridgehead atoms. The van der Waals surface area contributed by atoms with Crippen LogP contribution in [-0.2, 0) is 20.8 Å². The molecule has 2 aromatic rings. The fourth-order valence-electron chi connectivity index (χ4n) is 2.07. The van der Waals surface area contributed by atoms with Gasteiger partial charge >= 0.3 is 5.97 Å². The van der Waals surface area contributed by atoms with E-state index < -0.39 is 11.9 Å². The Morgan fingerprint density at radius 3 is 2.64 bits per heavy atom. The summed E-state index contributed by atoms with van der Waals surface area (Å²) in [4.78, 5) is 11.9. The minimum absolute atomic E-state index is 0.163. The van der Waals surface area contributed by atoms with Gasteiger partial charge in [0.1, 0.15) is 18.3 Å². The van der Waals surface area contributed by atoms with Crippen molar-refractivity contribution in [1.29, 1.82) is 0 Å². The Morgan fingerprint density at radius 2 is 1.96 bits per heavy atom. The van der Waals surface area contributed by atoms with Gasteiger partial charge in [0.05, 0.1) is 18.8 Å². The lowest BCUT2D eigenvalue weighted by Gasteiger charge is -2.15. The van der Waals surface area contributed by atoms with Gasteiger partial charge in [0.15, 0.2) is 6.20 Å². The van der Waals surface area contributed by atoms with Gasteiger partial charge < -0.3 is 14.6 Å². The first-order chi connectivity index (χ1) is 12.1. The van der Waals surface area contributed by atoms with Crippen LogP contribution in [0.5, 0.6) is 0 Å². The van der Waals surface area contributed by atoms with E-state index in [9.17, 15) is 9.90 Å². The molecule has 0 radical (unpaired) electrons. The Kier molecular flexibility index (Phi) is 6.76. The van der Waals surface area contributed by atoms with Crippen LogP contribution >= 0.6 is 0 Å². The monoisotopic (exact) mass is 343 g/mol. The number of carbonyl (C=O) groups excluding carboxylic acids is 1. The SMILES string of the molecule is CCOC(=O)C(/C=N/n1cc[n+](Cc2ccccc2)c1)=C(\[O-])OCC. The van der Waals surface area contributed by atoms with Crippen LogP contribution in [-0.4, -0.2) is 30.1 Å². The van der Waals surface area contributed by atoms with Crippen LogP contribution in [0.4, 0.5) is 0 Å². The molecule has 1 aromatic carbocycles. The second kappa shape index (κ2) is 9.27. The Labute approximate surface area is 146 Å². The van der Waals surface area contributed by atoms with Crippen molar-refractivity contribution in [3.8, 4) is 0 Å². The Hall–Kier alpha value is -3.09. The highest BCUT2D eigenvalue weighted by Crippen LogP contribution is 2.02. The molecule has 0 spiro atoms. The average Bonchev–Trinajstić information content (AvgIpc) is 3.04. The van der Waals surface area contributed by atoms with Crippen molar-refractivity contribution < 1.29 is 23.9 Å². The lowest BCUT2D eigenvalue weighted by Crippen LogP contribution is -2.31. The topological polar surface area (TPSA) is 79.8 Å². The fraction of sp³-hybridized carbons (Fsp3) is 0.278. The van der Waals surface area contributed by atoms with E-state index in [0.29, 0.717) is 6.54 Å². The zero-order valence-corrected chi connectivity index (χ0v) is 14.3. The number of hydrogen-bond donors (Lipinski definition) is 0. The molecule has 132 valence electrons. The van der Waals surface area contributed by atoms with E-state index in [1.165, 1.54) is 4.68 Å². The third kappa shape index (κ3) is 5.49. The molecule has 0 saturated carbocycles. The summed E-state index contributed by atoms with van der Waals surface area (Å²) in [5.41, 5.74) is 0.909. The molecule has 2 rings (SSSR count). The second-order valence-electron chi connectivity index (χ2n) is 5.05. The first-order valence-corrected chi connectivity index (χ1v) is 8.00. The summed E-state index contributed by atoms with van der Waals surface area (Å²) in [5.74, 6) is -1.51. The maximum absolute atomic E-state index is 11.9. The molecule has 0 atom stereocenters. The first kappa shape index (κ1) is 18.3. The van der Waals surface area contributed by atoms with Crippen LogP contribution in [0.2, 0.25) is 0 Å². The van der Waals surface area contributed by atoms with Gasteiger partial charge in [-0.15, -0.1) is 4.68 Å². The maximum atomic E-state index is 11.9. The van der Waals surface area contributed by atoms with Crippen molar-refractivity contribution in [2.75, 3.05) is 13.2 Å². The predicted octanol–water partition coefficient (Wildman–Crippen LogP) is 0.829. The van der Waals surface area contributed by atoms with Crippen LogP contribution in [0.1, 0.15) is 19.4 Å². The van der Waals surface area contributed by atoms with Crippen molar-refractivity contribution in [3.05, 3.63) is 66.1 Å². The Balaban J connectivity index is 2.13. The van der Waals surface area contributed by atoms with Crippen molar-refractivity contribution in [2.45, 2.75) is 20.4 Å². The quantitative estimate of drug-likeness (QED) is 0.234. The molecule has 7 heteroatoms. The average molecular weight is 343 g/mol. The van der Waals surface area contributed by atoms with E-state index >= 15 is 0 Å². The van der Waals surface area contributed by atoms with Crippen molar-refractivity contribution in [1.82, 2.24) is 4.68 Å². The third-order valence-electron chi connectivity index (χ3n) is 3.20. The van der Waals surface area contributed by atoms with Crippen LogP contribution in [0.15, 0.2) is 65.7 Å². The lowest BCUT2D eigenvalue weighted by atomic mass is 10.2. The number of rotatable bonds is 8. The molecular weight excluding hydrogens is 322 g/mol. The summed E-state index contributed by atoms with van der Waals surface area (Å²) >= 11 is 0. The number of ether oxygens (including phenoxy) is 2. The molecule has 0 amide bonds. The molecule has 0 N–H and O–H groups in total. The van der Waals surface area contributed by atoms with Gasteiger partial charge in [-0.05, 0) is 19.1 Å². The zero-order chi connectivity index (χ0) is 18.1. The van der Waals surface area contributed by atoms with E-state index in [0.717, 1.165) is 11.8 Å². The van der Waals surface area contributed by atoms with E-state index in [4.69, 9.17) is 9.47 Å². The molecule has 0 aliphatic rings. The highest BCUT2D eigenvalue weighted by atomic mass is 16.6. The Bertz CT molecular complexity index is 751. The number of imidazole rings is 1. The second-order valence-corrected chi connectivity index (χ2v) is 5.05. The van der Waals surface area contributed by atoms with Gasteiger partial charge in [-0.2, -0.15) is 0 Å². The number of hydrogen-bond acceptors (Lipinski definition) is 5. The predicted molar refractivity (Wildman–Crippen MR) is 89.3 cm³/mol. The number of nitrogens with zero attached hydrogens (tertiary/aromatic N) is 3. The van der Waals surface area contributed by atoms with Crippen molar-refractivity contribution >= 4 is 12.2 Å². The summed E-state index contributed by atoms with van der Waals surface area (Å²) < 4.78 is 13.2. The lowest BCUT2D eigenvalue weighted by molar-refractivity contribution is -0.687. The molecule has 7 nitrogen and oxygen atoms in total. The van der Waals surface area contributed by atoms with Crippen LogP contribution in [0.3, 0.4) is 0 Å². The van der Waals surface area contributed by atoms with Crippen molar-refractivity contribution in [2.24, 2.45) is 5.10 Å². The minimum atomic E-state index is -0.756. The van der Waals surface area contributed by atoms with E-state index in [-0.39, 0.29) is 18.8 Å². The summed E-state index contributed by atoms with van der Waals surface area (Å²) in [7, 11) is 0. The van der Waals surface area contributed by atoms with Gasteiger partial charge in [0.2, 0.25) is 0 Å². The summed E-state index contributed by atoms with van der Waals surface area (Å²) in [6, 6.07) is 9.98. The van der Waals surface area contributed by atoms with E-state index in [1.807, 2.05) is 41.1 Å². The third-order valence-corrected chi connectivity index (χ3v) is 3.20. The van der Waals surface area contributed by atoms with Crippen LogP contribution < -0.4 is 9.67 Å². The maximum Gasteiger partial charge on any atom is 0.341 e. The summed E-state index contributed by atoms with van der Waals surface area (Å²) in [6.07, 6.45) is 6.46. The molecule has 0 fully saturated rings. The smallest absolute Gasteiger partial charge is 0.341 e. The summed E-state index contributed by atoms with van der Waals surface area (Å²) in [5, 5.41) is 16.0. The number of carbonyl (C=O) groups is 1. The van der Waals surface area contributed by atoms with Gasteiger partial charge in [-0.3, -0.25) is 0 Å². The van der Waals surface area contributed by atoms with Gasteiger partial charge in [-0.1, -0.05) is 42.4 Å². The highest BCUT2D eigenvalue weighted by Gasteiger charge is 2.12. The normalized spacial score (nSPS) is 12.1. The fourth-order valence-corrected chi connectivity index (χ4v) is 2.07. The highest BCUT2D eigenvalue weighted by molar-refractivity contribution is 6.09. The standard InChI is InChI=1S/C18H21N3O4/c1-3-24-17(22)16(18(23)25-4-2)12-19-21-11-10-20(14-21)13-15-8-6-5-7-9-15/h5-12,14H,3-4,13H2,1-2H3. The minimum Gasteiger partial charge on any atom is -0.613 e. The largest absolute Gasteiger partial charge is 0.613 e. The summed E-state index contributed by atoms with van der Waals surface area (Å²) in [6.45, 7) is 4.34. The number of benzene rings is 1. The molecule has 0 aliphatic heterocycles. The van der Waals surface area contributed by atoms with Gasteiger partial charge in [0, 0.05) is 0 Å². The molecule has 1 aromatic heterocycles. The van der Waals surface area contributed by atoms with Crippen LogP contribution in [0.25, 0.3) is 0 Å². The Morgan fingerprint density at radius 1 is 1.24 bits per heavy atom. The molecular formula is C18H21N3O4.